The van der Waals surface area contributed by atoms with Gasteiger partial charge in [-0.3, -0.25) is 14.2 Å². The summed E-state index contributed by atoms with van der Waals surface area (Å²) in [6, 6.07) is 14.7. The Hall–Kier alpha value is -2.51. The van der Waals surface area contributed by atoms with Crippen LogP contribution in [-0.4, -0.2) is 52.4 Å². The minimum Gasteiger partial charge on any atom is -0.331 e. The molecule has 188 valence electrons. The minimum absolute atomic E-state index is 0.112. The number of amides is 1. The molecule has 1 heterocycles. The highest BCUT2D eigenvalue weighted by Crippen LogP contribution is 2.25. The molecule has 0 saturated carbocycles. The summed E-state index contributed by atoms with van der Waals surface area (Å²) >= 11 is 3.48. The normalized spacial score (nSPS) is 12.3. The molecule has 35 heavy (non-hydrogen) atoms. The number of benzene rings is 2. The zero-order valence-corrected chi connectivity index (χ0v) is 22.9. The van der Waals surface area contributed by atoms with Crippen molar-refractivity contribution in [3.8, 4) is 5.69 Å². The number of aromatic nitrogens is 2. The lowest BCUT2D eigenvalue weighted by atomic mass is 10.1. The molecular formula is C28H37BrN4O2. The van der Waals surface area contributed by atoms with Crippen LogP contribution in [0.3, 0.4) is 0 Å². The lowest BCUT2D eigenvalue weighted by Gasteiger charge is -2.31. The van der Waals surface area contributed by atoms with Crippen molar-refractivity contribution in [2.75, 3.05) is 27.2 Å². The number of unbranched alkanes of at least 4 members (excludes halogenated alkanes) is 4. The number of nitrogens with zero attached hydrogens (tertiary/aromatic N) is 4. The van der Waals surface area contributed by atoms with Crippen molar-refractivity contribution >= 4 is 32.7 Å². The third-order valence-electron chi connectivity index (χ3n) is 6.33. The maximum atomic E-state index is 13.7. The second-order valence-corrected chi connectivity index (χ2v) is 10.3. The molecule has 0 aliphatic carbocycles. The zero-order chi connectivity index (χ0) is 25.4. The Labute approximate surface area is 217 Å². The number of likely N-dealkylation sites (N-methyl/N-ethyl adjacent to an activating group) is 1. The summed E-state index contributed by atoms with van der Waals surface area (Å²) in [4.78, 5) is 36.0. The third-order valence-corrected chi connectivity index (χ3v) is 6.86. The summed E-state index contributed by atoms with van der Waals surface area (Å²) in [5.74, 6) is 0.690. The van der Waals surface area contributed by atoms with Crippen LogP contribution in [0.5, 0.6) is 0 Å². The van der Waals surface area contributed by atoms with E-state index in [0.717, 1.165) is 36.0 Å². The Balaban J connectivity index is 2.03. The Bertz CT molecular complexity index is 1170. The van der Waals surface area contributed by atoms with Gasteiger partial charge in [-0.15, -0.1) is 0 Å². The van der Waals surface area contributed by atoms with Gasteiger partial charge in [-0.1, -0.05) is 60.7 Å². The summed E-state index contributed by atoms with van der Waals surface area (Å²) in [5, 5.41) is 0.563. The molecule has 6 nitrogen and oxygen atoms in total. The lowest BCUT2D eigenvalue weighted by Crippen LogP contribution is -2.40. The number of halogens is 1. The molecule has 0 radical (unpaired) electrons. The first-order valence-corrected chi connectivity index (χ1v) is 13.3. The largest absolute Gasteiger partial charge is 0.331 e. The van der Waals surface area contributed by atoms with Crippen LogP contribution in [0.2, 0.25) is 0 Å². The van der Waals surface area contributed by atoms with Crippen LogP contribution in [0.4, 0.5) is 0 Å². The maximum absolute atomic E-state index is 13.7. The van der Waals surface area contributed by atoms with Crippen molar-refractivity contribution in [1.29, 1.82) is 0 Å². The smallest absolute Gasteiger partial charge is 0.266 e. The van der Waals surface area contributed by atoms with Crippen molar-refractivity contribution < 1.29 is 4.79 Å². The average molecular weight is 542 g/mol. The summed E-state index contributed by atoms with van der Waals surface area (Å²) in [6.07, 6.45) is 6.00. The Kier molecular flexibility index (Phi) is 10.0. The molecule has 0 aliphatic heterocycles. The Morgan fingerprint density at radius 3 is 2.37 bits per heavy atom. The monoisotopic (exact) mass is 540 g/mol. The van der Waals surface area contributed by atoms with Crippen LogP contribution in [0.15, 0.2) is 57.8 Å². The molecule has 2 aromatic carbocycles. The second kappa shape index (κ2) is 13.0. The zero-order valence-electron chi connectivity index (χ0n) is 21.3. The van der Waals surface area contributed by atoms with Crippen LogP contribution in [0.25, 0.3) is 16.6 Å². The van der Waals surface area contributed by atoms with Crippen LogP contribution in [0.1, 0.15) is 64.2 Å². The second-order valence-electron chi connectivity index (χ2n) is 9.33. The van der Waals surface area contributed by atoms with E-state index in [1.807, 2.05) is 68.4 Å². The van der Waals surface area contributed by atoms with Crippen molar-refractivity contribution in [2.45, 2.75) is 58.4 Å². The van der Waals surface area contributed by atoms with Gasteiger partial charge in [-0.05, 0) is 63.8 Å². The molecule has 7 heteroatoms. The maximum Gasteiger partial charge on any atom is 0.266 e. The van der Waals surface area contributed by atoms with E-state index < -0.39 is 0 Å². The highest BCUT2D eigenvalue weighted by Gasteiger charge is 2.26. The van der Waals surface area contributed by atoms with E-state index in [2.05, 4.69) is 27.8 Å². The molecule has 0 aliphatic rings. The number of hydrogen-bond donors (Lipinski definition) is 0. The van der Waals surface area contributed by atoms with Crippen LogP contribution >= 0.6 is 15.9 Å². The lowest BCUT2D eigenvalue weighted by molar-refractivity contribution is -0.133. The van der Waals surface area contributed by atoms with E-state index in [4.69, 9.17) is 4.98 Å². The van der Waals surface area contributed by atoms with Gasteiger partial charge < -0.3 is 9.80 Å². The third kappa shape index (κ3) is 7.01. The minimum atomic E-state index is -0.362. The first-order valence-electron chi connectivity index (χ1n) is 12.5. The van der Waals surface area contributed by atoms with Crippen molar-refractivity contribution in [2.24, 2.45) is 0 Å². The summed E-state index contributed by atoms with van der Waals surface area (Å²) in [5.41, 5.74) is 1.25. The highest BCUT2D eigenvalue weighted by molar-refractivity contribution is 9.10. The number of para-hydroxylation sites is 1. The molecule has 0 fully saturated rings. The summed E-state index contributed by atoms with van der Waals surface area (Å²) < 4.78 is 2.60. The standard InChI is InChI=1S/C28H37BrN4O2/c1-5-6-7-8-9-14-26(34)32(20-19-31(3)4)21(2)27-30-25-13-11-10-12-24(25)28(35)33(27)23-17-15-22(29)16-18-23/h10-13,15-18,21H,5-9,14,19-20H2,1-4H3. The molecule has 1 aromatic heterocycles. The van der Waals surface area contributed by atoms with Crippen molar-refractivity contribution in [3.05, 3.63) is 69.2 Å². The molecule has 3 rings (SSSR count). The van der Waals surface area contributed by atoms with Gasteiger partial charge in [0.2, 0.25) is 5.91 Å². The molecule has 3 aromatic rings. The van der Waals surface area contributed by atoms with Crippen molar-refractivity contribution in [1.82, 2.24) is 19.4 Å². The molecule has 1 atom stereocenters. The van der Waals surface area contributed by atoms with Crippen LogP contribution < -0.4 is 5.56 Å². The molecule has 0 saturated heterocycles. The van der Waals surface area contributed by atoms with Crippen LogP contribution in [0, 0.1) is 0 Å². The first-order chi connectivity index (χ1) is 16.8. The van der Waals surface area contributed by atoms with E-state index in [0.29, 0.717) is 29.7 Å². The Morgan fingerprint density at radius 2 is 1.69 bits per heavy atom. The van der Waals surface area contributed by atoms with E-state index >= 15 is 0 Å². The van der Waals surface area contributed by atoms with Gasteiger partial charge in [0.05, 0.1) is 22.6 Å². The van der Waals surface area contributed by atoms with Gasteiger partial charge in [-0.25, -0.2) is 4.98 Å². The van der Waals surface area contributed by atoms with Crippen molar-refractivity contribution in [3.63, 3.8) is 0 Å². The fourth-order valence-corrected chi connectivity index (χ4v) is 4.54. The summed E-state index contributed by atoms with van der Waals surface area (Å²) in [7, 11) is 4.01. The molecule has 1 unspecified atom stereocenters. The summed E-state index contributed by atoms with van der Waals surface area (Å²) in [6.45, 7) is 5.49. The quantitative estimate of drug-likeness (QED) is 0.266. The Morgan fingerprint density at radius 1 is 1.00 bits per heavy atom. The highest BCUT2D eigenvalue weighted by atomic mass is 79.9. The molecule has 0 spiro atoms. The van der Waals surface area contributed by atoms with Gasteiger partial charge in [0.25, 0.3) is 5.56 Å². The molecule has 0 bridgehead atoms. The fourth-order valence-electron chi connectivity index (χ4n) is 4.27. The van der Waals surface area contributed by atoms with E-state index in [1.165, 1.54) is 12.8 Å². The fraction of sp³-hybridized carbons (Fsp3) is 0.464. The predicted octanol–water partition coefficient (Wildman–Crippen LogP) is 5.96. The number of hydrogen-bond acceptors (Lipinski definition) is 4. The van der Waals surface area contributed by atoms with E-state index in [1.54, 1.807) is 10.6 Å². The van der Waals surface area contributed by atoms with Gasteiger partial charge >= 0.3 is 0 Å². The van der Waals surface area contributed by atoms with Gasteiger partial charge in [0.1, 0.15) is 5.82 Å². The van der Waals surface area contributed by atoms with Gasteiger partial charge in [-0.2, -0.15) is 0 Å². The SMILES string of the molecule is CCCCCCCC(=O)N(CCN(C)C)C(C)c1nc2ccccc2c(=O)n1-c1ccc(Br)cc1. The van der Waals surface area contributed by atoms with E-state index in [-0.39, 0.29) is 17.5 Å². The van der Waals surface area contributed by atoms with Gasteiger partial charge in [0.15, 0.2) is 0 Å². The topological polar surface area (TPSA) is 58.4 Å². The van der Waals surface area contributed by atoms with Gasteiger partial charge in [0, 0.05) is 24.0 Å². The van der Waals surface area contributed by atoms with E-state index in [9.17, 15) is 9.59 Å². The number of carbonyl (C=O) groups excluding carboxylic acids is 1. The first kappa shape index (κ1) is 27.1. The predicted molar refractivity (Wildman–Crippen MR) is 147 cm³/mol. The number of fused-ring (bicyclic) bond motifs is 1. The molecule has 1 amide bonds. The number of rotatable bonds is 12. The molecular weight excluding hydrogens is 504 g/mol. The number of carbonyl (C=O) groups is 1. The average Bonchev–Trinajstić information content (AvgIpc) is 2.84. The van der Waals surface area contributed by atoms with Crippen LogP contribution in [-0.2, 0) is 4.79 Å². The molecule has 0 N–H and O–H groups in total.